The minimum Gasteiger partial charge on any atom is -0.744 e. The Kier molecular flexibility index (Phi) is 12.3. The summed E-state index contributed by atoms with van der Waals surface area (Å²) in [5, 5.41) is 26.1. The molecular formula is C28H18N6Na2O6S2. The Balaban J connectivity index is 0.00000264. The predicted octanol–water partition coefficient (Wildman–Crippen LogP) is 1.90. The van der Waals surface area contributed by atoms with Crippen molar-refractivity contribution >= 4 is 65.1 Å². The Morgan fingerprint density at radius 1 is 0.432 bits per heavy atom. The third-order valence-corrected chi connectivity index (χ3v) is 7.42. The molecule has 0 amide bonds. The van der Waals surface area contributed by atoms with E-state index in [9.17, 15) is 25.9 Å². The van der Waals surface area contributed by atoms with Crippen molar-refractivity contribution in [1.29, 1.82) is 0 Å². The van der Waals surface area contributed by atoms with E-state index in [1.807, 2.05) is 6.07 Å². The van der Waals surface area contributed by atoms with Gasteiger partial charge in [-0.3, -0.25) is 0 Å². The molecular weight excluding hydrogens is 626 g/mol. The molecule has 44 heavy (non-hydrogen) atoms. The van der Waals surface area contributed by atoms with Gasteiger partial charge >= 0.3 is 59.1 Å². The van der Waals surface area contributed by atoms with Gasteiger partial charge in [0.1, 0.15) is 20.2 Å². The van der Waals surface area contributed by atoms with Crippen LogP contribution in [0.4, 0.5) is 34.1 Å². The summed E-state index contributed by atoms with van der Waals surface area (Å²) < 4.78 is 67.9. The smallest absolute Gasteiger partial charge is 0.744 e. The molecule has 0 aromatic heterocycles. The monoisotopic (exact) mass is 644 g/mol. The summed E-state index contributed by atoms with van der Waals surface area (Å²) in [4.78, 5) is -0.737. The SMILES string of the molecule is O=S(=O)([O-])c1ccc(N=Nc2ccc(N=Nc3cc(N=Nc4ccccc4)c4cc(S(=O)(=O)[O-])ccc4c3)cc2)cc1.[Na+].[Na+]. The molecule has 0 atom stereocenters. The molecule has 5 rings (SSSR count). The van der Waals surface area contributed by atoms with Gasteiger partial charge in [0.2, 0.25) is 0 Å². The van der Waals surface area contributed by atoms with Crippen LogP contribution in [0.15, 0.2) is 150 Å². The maximum absolute atomic E-state index is 11.6. The fraction of sp³-hybridized carbons (Fsp3) is 0. The van der Waals surface area contributed by atoms with Crippen molar-refractivity contribution in [2.24, 2.45) is 30.7 Å². The standard InChI is InChI=1S/C28H20N6O6S2.2Na/c35-41(36,37)25-14-11-23(12-15-25)30-29-21-7-9-22(10-8-21)31-33-24-16-19-6-13-26(42(38,39)40)18-27(19)28(17-24)34-32-20-4-2-1-3-5-20;;/h1-18H,(H,35,36,37)(H,38,39,40);;/q;2*+1/p-2. The molecule has 0 bridgehead atoms. The molecule has 12 nitrogen and oxygen atoms in total. The predicted molar refractivity (Wildman–Crippen MR) is 152 cm³/mol. The minimum atomic E-state index is -4.68. The zero-order chi connectivity index (χ0) is 29.7. The second kappa shape index (κ2) is 15.3. The van der Waals surface area contributed by atoms with E-state index in [2.05, 4.69) is 30.7 Å². The Morgan fingerprint density at radius 2 is 0.864 bits per heavy atom. The molecule has 0 N–H and O–H groups in total. The van der Waals surface area contributed by atoms with Gasteiger partial charge in [0.15, 0.2) is 0 Å². The molecule has 0 saturated heterocycles. The van der Waals surface area contributed by atoms with E-state index in [1.165, 1.54) is 30.3 Å². The van der Waals surface area contributed by atoms with E-state index < -0.39 is 20.2 Å². The molecule has 0 aliphatic rings. The molecule has 0 unspecified atom stereocenters. The van der Waals surface area contributed by atoms with Gasteiger partial charge in [-0.2, -0.15) is 25.6 Å². The van der Waals surface area contributed by atoms with Crippen LogP contribution in [-0.2, 0) is 20.2 Å². The quantitative estimate of drug-likeness (QED) is 0.141. The first kappa shape index (κ1) is 35.5. The van der Waals surface area contributed by atoms with Crippen molar-refractivity contribution in [3.63, 3.8) is 0 Å². The third kappa shape index (κ3) is 9.49. The molecule has 5 aromatic carbocycles. The normalized spacial score (nSPS) is 12.0. The summed E-state index contributed by atoms with van der Waals surface area (Å²) in [5.74, 6) is 0. The summed E-state index contributed by atoms with van der Waals surface area (Å²) in [6.45, 7) is 0. The van der Waals surface area contributed by atoms with Gasteiger partial charge in [-0.15, -0.1) is 5.11 Å². The van der Waals surface area contributed by atoms with Crippen LogP contribution in [0, 0.1) is 0 Å². The molecule has 0 radical (unpaired) electrons. The minimum absolute atomic E-state index is 0. The van der Waals surface area contributed by atoms with E-state index >= 15 is 0 Å². The third-order valence-electron chi connectivity index (χ3n) is 5.74. The van der Waals surface area contributed by atoms with Gasteiger partial charge in [-0.25, -0.2) is 16.8 Å². The maximum atomic E-state index is 11.6. The fourth-order valence-electron chi connectivity index (χ4n) is 3.70. The molecule has 0 saturated carbocycles. The van der Waals surface area contributed by atoms with Gasteiger partial charge in [-0.1, -0.05) is 24.3 Å². The first-order chi connectivity index (χ1) is 20.0. The fourth-order valence-corrected chi connectivity index (χ4v) is 4.67. The summed E-state index contributed by atoms with van der Waals surface area (Å²) in [6, 6.07) is 27.8. The van der Waals surface area contributed by atoms with Gasteiger partial charge in [0, 0.05) is 5.39 Å². The van der Waals surface area contributed by atoms with Crippen molar-refractivity contribution in [2.45, 2.75) is 9.79 Å². The Bertz CT molecular complexity index is 2080. The van der Waals surface area contributed by atoms with E-state index in [1.54, 1.807) is 60.7 Å². The van der Waals surface area contributed by atoms with Crippen LogP contribution in [0.25, 0.3) is 10.8 Å². The van der Waals surface area contributed by atoms with E-state index in [4.69, 9.17) is 0 Å². The second-order valence-corrected chi connectivity index (χ2v) is 11.5. The first-order valence-electron chi connectivity index (χ1n) is 12.0. The van der Waals surface area contributed by atoms with Crippen LogP contribution < -0.4 is 59.1 Å². The van der Waals surface area contributed by atoms with Gasteiger partial charge in [0.25, 0.3) is 0 Å². The van der Waals surface area contributed by atoms with Crippen molar-refractivity contribution < 1.29 is 85.1 Å². The molecule has 5 aromatic rings. The molecule has 0 aliphatic heterocycles. The second-order valence-electron chi connectivity index (χ2n) is 8.70. The number of hydrogen-bond acceptors (Lipinski definition) is 12. The Labute approximate surface area is 297 Å². The van der Waals surface area contributed by atoms with Crippen molar-refractivity contribution in [2.75, 3.05) is 0 Å². The molecule has 0 heterocycles. The number of azo groups is 3. The van der Waals surface area contributed by atoms with E-state index in [0.717, 1.165) is 12.1 Å². The average molecular weight is 645 g/mol. The van der Waals surface area contributed by atoms with Crippen LogP contribution in [0.5, 0.6) is 0 Å². The van der Waals surface area contributed by atoms with Crippen LogP contribution in [0.3, 0.4) is 0 Å². The molecule has 0 aliphatic carbocycles. The van der Waals surface area contributed by atoms with E-state index in [-0.39, 0.29) is 68.9 Å². The van der Waals surface area contributed by atoms with Crippen molar-refractivity contribution in [3.8, 4) is 0 Å². The van der Waals surface area contributed by atoms with E-state index in [0.29, 0.717) is 44.9 Å². The van der Waals surface area contributed by atoms with Gasteiger partial charge in [-0.05, 0) is 90.3 Å². The number of rotatable bonds is 8. The number of fused-ring (bicyclic) bond motifs is 1. The topological polar surface area (TPSA) is 189 Å². The maximum Gasteiger partial charge on any atom is 1.00 e. The zero-order valence-corrected chi connectivity index (χ0v) is 29.0. The van der Waals surface area contributed by atoms with Crippen LogP contribution in [0.2, 0.25) is 0 Å². The first-order valence-corrected chi connectivity index (χ1v) is 14.9. The van der Waals surface area contributed by atoms with Crippen LogP contribution in [-0.4, -0.2) is 25.9 Å². The Hall–Kier alpha value is -3.02. The Morgan fingerprint density at radius 3 is 1.39 bits per heavy atom. The summed E-state index contributed by atoms with van der Waals surface area (Å²) in [6.07, 6.45) is 0. The van der Waals surface area contributed by atoms with Crippen molar-refractivity contribution in [1.82, 2.24) is 0 Å². The summed E-state index contributed by atoms with van der Waals surface area (Å²) in [5.41, 5.74) is 2.65. The summed E-state index contributed by atoms with van der Waals surface area (Å²) >= 11 is 0. The zero-order valence-electron chi connectivity index (χ0n) is 23.3. The molecule has 0 spiro atoms. The molecule has 0 fully saturated rings. The number of nitrogens with zero attached hydrogens (tertiary/aromatic N) is 6. The van der Waals surface area contributed by atoms with Gasteiger partial charge < -0.3 is 9.11 Å². The molecule has 16 heteroatoms. The number of benzene rings is 5. The summed E-state index contributed by atoms with van der Waals surface area (Å²) in [7, 11) is -9.21. The largest absolute Gasteiger partial charge is 1.00 e. The van der Waals surface area contributed by atoms with Crippen LogP contribution >= 0.6 is 0 Å². The van der Waals surface area contributed by atoms with Gasteiger partial charge in [0.05, 0.1) is 43.9 Å². The molecule has 210 valence electrons. The number of hydrogen-bond donors (Lipinski definition) is 0. The average Bonchev–Trinajstić information content (AvgIpc) is 2.98. The van der Waals surface area contributed by atoms with Crippen LogP contribution in [0.1, 0.15) is 0 Å². The van der Waals surface area contributed by atoms with Crippen molar-refractivity contribution in [3.05, 3.63) is 109 Å².